The lowest BCUT2D eigenvalue weighted by Crippen LogP contribution is -2.55. The molecule has 9 heteroatoms. The molecule has 2 aromatic heterocycles. The second kappa shape index (κ2) is 15.2. The summed E-state index contributed by atoms with van der Waals surface area (Å²) in [7, 11) is 11.1. The molecule has 8 aromatic carbocycles. The van der Waals surface area contributed by atoms with Gasteiger partial charge in [-0.3, -0.25) is 0 Å². The van der Waals surface area contributed by atoms with Crippen LogP contribution in [0.1, 0.15) is 0 Å². The van der Waals surface area contributed by atoms with E-state index in [1.807, 2.05) is 36.4 Å². The van der Waals surface area contributed by atoms with Crippen LogP contribution in [0.3, 0.4) is 0 Å². The first-order chi connectivity index (χ1) is 29.3. The zero-order valence-electron chi connectivity index (χ0n) is 34.4. The van der Waals surface area contributed by atoms with Crippen LogP contribution in [0.2, 0.25) is 0 Å². The van der Waals surface area contributed by atoms with E-state index in [1.165, 1.54) is 60.7 Å². The number of benzene rings is 8. The highest BCUT2D eigenvalue weighted by atomic mass is 16.3. The number of aromatic nitrogens is 3. The normalized spacial score (nSPS) is 11.3. The van der Waals surface area contributed by atoms with Crippen LogP contribution >= 0.6 is 0 Å². The Morgan fingerprint density at radius 1 is 0.283 bits per heavy atom. The van der Waals surface area contributed by atoms with Crippen LogP contribution < -0.4 is 27.3 Å². The third-order valence-electron chi connectivity index (χ3n) is 12.4. The van der Waals surface area contributed by atoms with Crippen molar-refractivity contribution in [3.8, 4) is 78.7 Å². The Labute approximate surface area is 354 Å². The molecule has 0 spiro atoms. The van der Waals surface area contributed by atoms with E-state index in [-0.39, 0.29) is 0 Å². The van der Waals surface area contributed by atoms with Gasteiger partial charge in [0.25, 0.3) is 0 Å². The predicted molar refractivity (Wildman–Crippen MR) is 266 cm³/mol. The maximum Gasteiger partial charge on any atom is 0.164 e. The van der Waals surface area contributed by atoms with Crippen LogP contribution in [0.25, 0.3) is 101 Å². The number of fused-ring (bicyclic) bond motifs is 3. The monoisotopic (exact) mass is 763 g/mol. The first-order valence-electron chi connectivity index (χ1n) is 20.5. The molecular formula is C51H38B5N3O. The summed E-state index contributed by atoms with van der Waals surface area (Å²) < 4.78 is 6.57. The number of hydrogen-bond acceptors (Lipinski definition) is 4. The molecule has 0 fully saturated rings. The Kier molecular flexibility index (Phi) is 9.45. The summed E-state index contributed by atoms with van der Waals surface area (Å²) in [5, 5.41) is 2.12. The highest BCUT2D eigenvalue weighted by Gasteiger charge is 2.17. The zero-order valence-corrected chi connectivity index (χ0v) is 34.4. The van der Waals surface area contributed by atoms with Crippen LogP contribution in [0.5, 0.6) is 0 Å². The minimum Gasteiger partial charge on any atom is -0.456 e. The van der Waals surface area contributed by atoms with Gasteiger partial charge in [-0.25, -0.2) is 15.0 Å². The predicted octanol–water partition coefficient (Wildman–Crippen LogP) is 4.73. The van der Waals surface area contributed by atoms with Crippen LogP contribution in [0, 0.1) is 0 Å². The Balaban J connectivity index is 0.969. The molecule has 0 aliphatic rings. The quantitative estimate of drug-likeness (QED) is 0.221. The van der Waals surface area contributed by atoms with Crippen molar-refractivity contribution in [3.05, 3.63) is 170 Å². The van der Waals surface area contributed by atoms with E-state index in [9.17, 15) is 0 Å². The minimum atomic E-state index is 0.595. The molecule has 278 valence electrons. The molecule has 60 heavy (non-hydrogen) atoms. The molecule has 0 saturated heterocycles. The first kappa shape index (κ1) is 37.2. The molecule has 0 amide bonds. The largest absolute Gasteiger partial charge is 0.456 e. The Hall–Kier alpha value is -7.11. The molecule has 10 aromatic rings. The summed E-state index contributed by atoms with van der Waals surface area (Å²) in [5.41, 5.74) is 20.6. The Morgan fingerprint density at radius 2 is 0.600 bits per heavy atom. The van der Waals surface area contributed by atoms with E-state index in [0.717, 1.165) is 49.8 Å². The molecule has 2 heterocycles. The molecule has 0 aliphatic heterocycles. The molecule has 4 nitrogen and oxygen atoms in total. The van der Waals surface area contributed by atoms with E-state index in [4.69, 9.17) is 19.4 Å². The molecular weight excluding hydrogens is 725 g/mol. The summed E-state index contributed by atoms with van der Waals surface area (Å²) in [5.74, 6) is 1.85. The highest BCUT2D eigenvalue weighted by Crippen LogP contribution is 2.36. The van der Waals surface area contributed by atoms with Crippen molar-refractivity contribution in [1.29, 1.82) is 0 Å². The van der Waals surface area contributed by atoms with Crippen molar-refractivity contribution in [2.75, 3.05) is 0 Å². The fourth-order valence-electron chi connectivity index (χ4n) is 8.51. The van der Waals surface area contributed by atoms with Gasteiger partial charge in [0, 0.05) is 27.5 Å². The van der Waals surface area contributed by atoms with Crippen molar-refractivity contribution < 1.29 is 4.42 Å². The van der Waals surface area contributed by atoms with E-state index in [1.54, 1.807) is 0 Å². The van der Waals surface area contributed by atoms with Crippen molar-refractivity contribution in [2.24, 2.45) is 0 Å². The minimum absolute atomic E-state index is 0.595. The van der Waals surface area contributed by atoms with Gasteiger partial charge >= 0.3 is 0 Å². The van der Waals surface area contributed by atoms with Crippen molar-refractivity contribution in [1.82, 2.24) is 15.0 Å². The maximum absolute atomic E-state index is 6.57. The molecule has 0 aliphatic carbocycles. The number of nitrogens with zero attached hydrogens (tertiary/aromatic N) is 3. The van der Waals surface area contributed by atoms with Gasteiger partial charge in [0.15, 0.2) is 17.5 Å². The summed E-state index contributed by atoms with van der Waals surface area (Å²) in [6, 6.07) is 59.5. The molecule has 0 unspecified atom stereocenters. The summed E-state index contributed by atoms with van der Waals surface area (Å²) >= 11 is 0. The molecule has 0 radical (unpaired) electrons. The average Bonchev–Trinajstić information content (AvgIpc) is 3.68. The van der Waals surface area contributed by atoms with Gasteiger partial charge in [-0.05, 0) is 68.8 Å². The molecule has 0 bridgehead atoms. The Morgan fingerprint density at radius 3 is 1.10 bits per heavy atom. The van der Waals surface area contributed by atoms with Crippen molar-refractivity contribution in [3.63, 3.8) is 0 Å². The van der Waals surface area contributed by atoms with Crippen LogP contribution in [0.4, 0.5) is 0 Å². The van der Waals surface area contributed by atoms with Gasteiger partial charge in [0.2, 0.25) is 0 Å². The third-order valence-corrected chi connectivity index (χ3v) is 12.4. The number of furan rings is 1. The summed E-state index contributed by atoms with van der Waals surface area (Å²) in [4.78, 5) is 15.1. The lowest BCUT2D eigenvalue weighted by atomic mass is 9.59. The third kappa shape index (κ3) is 6.76. The highest BCUT2D eigenvalue weighted by molar-refractivity contribution is 6.68. The smallest absolute Gasteiger partial charge is 0.164 e. The lowest BCUT2D eigenvalue weighted by Gasteiger charge is -2.20. The molecule has 10 rings (SSSR count). The van der Waals surface area contributed by atoms with E-state index >= 15 is 0 Å². The number of hydrogen-bond donors (Lipinski definition) is 0. The maximum atomic E-state index is 6.57. The number of rotatable bonds is 7. The van der Waals surface area contributed by atoms with Crippen LogP contribution in [-0.4, -0.2) is 54.2 Å². The van der Waals surface area contributed by atoms with Gasteiger partial charge in [-0.1, -0.05) is 157 Å². The zero-order chi connectivity index (χ0) is 40.9. The summed E-state index contributed by atoms with van der Waals surface area (Å²) in [6.07, 6.45) is 0. The van der Waals surface area contributed by atoms with Gasteiger partial charge in [-0.15, -0.1) is 16.4 Å². The standard InChI is InChI=1S/C51H38B5N3O/c52-44-43(45(53)47(55)48(56)46(44)54)34-19-21-36(22-20-34)50-57-49(35-9-5-2-6-10-35)58-51(59-50)38-24-26-40-39-25-23-37(27-41(39)60-42(40)28-38)33-17-15-32(16-18-33)31-13-11-30(12-14-31)29-7-3-1-4-8-29/h1-28H,52-56H2. The van der Waals surface area contributed by atoms with Crippen LogP contribution in [0.15, 0.2) is 174 Å². The lowest BCUT2D eigenvalue weighted by molar-refractivity contribution is 0.669. The second-order valence-corrected chi connectivity index (χ2v) is 15.8. The fourth-order valence-corrected chi connectivity index (χ4v) is 8.51. The topological polar surface area (TPSA) is 51.8 Å². The average molecular weight is 763 g/mol. The Bertz CT molecular complexity index is 3200. The fraction of sp³-hybridized carbons (Fsp3) is 0. The molecule has 0 N–H and O–H groups in total. The second-order valence-electron chi connectivity index (χ2n) is 15.8. The van der Waals surface area contributed by atoms with E-state index < -0.39 is 0 Å². The molecule has 0 atom stereocenters. The molecule has 0 saturated carbocycles. The van der Waals surface area contributed by atoms with Gasteiger partial charge in [-0.2, -0.15) is 0 Å². The summed E-state index contributed by atoms with van der Waals surface area (Å²) in [6.45, 7) is 0. The first-order valence-corrected chi connectivity index (χ1v) is 20.5. The van der Waals surface area contributed by atoms with E-state index in [2.05, 4.69) is 173 Å². The van der Waals surface area contributed by atoms with Gasteiger partial charge < -0.3 is 4.42 Å². The van der Waals surface area contributed by atoms with Crippen molar-refractivity contribution >= 4 is 88.5 Å². The van der Waals surface area contributed by atoms with Gasteiger partial charge in [0.1, 0.15) is 50.4 Å². The SMILES string of the molecule is Bc1c(B)c(B)c(-c2ccc(-c3nc(-c4ccccc4)nc(-c4ccc5c(c4)oc4cc(-c6ccc(-c7ccc(-c8ccccc8)cc7)cc6)ccc45)n3)cc2)c(B)c1B. The van der Waals surface area contributed by atoms with Crippen molar-refractivity contribution in [2.45, 2.75) is 0 Å². The van der Waals surface area contributed by atoms with E-state index in [0.29, 0.717) is 17.5 Å². The van der Waals surface area contributed by atoms with Crippen LogP contribution in [-0.2, 0) is 0 Å². The van der Waals surface area contributed by atoms with Gasteiger partial charge in [0.05, 0.1) is 0 Å².